The molecule has 0 spiro atoms. The Kier molecular flexibility index (Phi) is 2.99. The van der Waals surface area contributed by atoms with Gasteiger partial charge in [0.1, 0.15) is 5.60 Å². The van der Waals surface area contributed by atoms with Gasteiger partial charge in [0.05, 0.1) is 5.41 Å². The molecule has 16 heavy (non-hydrogen) atoms. The summed E-state index contributed by atoms with van der Waals surface area (Å²) in [6.45, 7) is 7.93. The van der Waals surface area contributed by atoms with E-state index in [1.165, 1.54) is 0 Å². The highest BCUT2D eigenvalue weighted by atomic mass is 16.6. The largest absolute Gasteiger partial charge is 0.460 e. The molecule has 0 radical (unpaired) electrons. The second-order valence-electron chi connectivity index (χ2n) is 6.20. The van der Waals surface area contributed by atoms with Crippen LogP contribution in [0.1, 0.15) is 46.5 Å². The van der Waals surface area contributed by atoms with Crippen molar-refractivity contribution < 1.29 is 9.53 Å². The van der Waals surface area contributed by atoms with Crippen LogP contribution in [0.3, 0.4) is 0 Å². The van der Waals surface area contributed by atoms with Crippen LogP contribution in [-0.2, 0) is 9.53 Å². The summed E-state index contributed by atoms with van der Waals surface area (Å²) in [5, 5.41) is 3.40. The number of fused-ring (bicyclic) bond motifs is 1. The van der Waals surface area contributed by atoms with E-state index in [1.807, 2.05) is 20.8 Å². The summed E-state index contributed by atoms with van der Waals surface area (Å²) >= 11 is 0. The number of hydrogen-bond donors (Lipinski definition) is 1. The van der Waals surface area contributed by atoms with Crippen LogP contribution in [-0.4, -0.2) is 24.7 Å². The molecule has 1 N–H and O–H groups in total. The third kappa shape index (κ3) is 2.40. The molecule has 2 atom stereocenters. The molecule has 2 unspecified atom stereocenters. The molecule has 0 bridgehead atoms. The molecule has 1 saturated carbocycles. The van der Waals surface area contributed by atoms with E-state index in [1.54, 1.807) is 0 Å². The lowest BCUT2D eigenvalue weighted by molar-refractivity contribution is -0.163. The highest BCUT2D eigenvalue weighted by Gasteiger charge is 2.60. The van der Waals surface area contributed by atoms with E-state index in [9.17, 15) is 4.79 Å². The van der Waals surface area contributed by atoms with Gasteiger partial charge in [0.25, 0.3) is 0 Å². The van der Waals surface area contributed by atoms with Crippen molar-refractivity contribution in [1.29, 1.82) is 0 Å². The average Bonchev–Trinajstić information content (AvgIpc) is 2.76. The maximum absolute atomic E-state index is 12.2. The van der Waals surface area contributed by atoms with E-state index in [4.69, 9.17) is 4.74 Å². The van der Waals surface area contributed by atoms with E-state index < -0.39 is 0 Å². The predicted molar refractivity (Wildman–Crippen MR) is 63.1 cm³/mol. The van der Waals surface area contributed by atoms with Crippen molar-refractivity contribution in [3.63, 3.8) is 0 Å². The predicted octanol–water partition coefficient (Wildman–Crippen LogP) is 2.11. The Hall–Kier alpha value is -0.570. The van der Waals surface area contributed by atoms with Gasteiger partial charge in [0, 0.05) is 0 Å². The second-order valence-corrected chi connectivity index (χ2v) is 6.20. The summed E-state index contributed by atoms with van der Waals surface area (Å²) in [5.41, 5.74) is -0.463. The first kappa shape index (κ1) is 11.9. The number of carbonyl (C=O) groups is 1. The molecule has 0 aromatic carbocycles. The first-order valence-electron chi connectivity index (χ1n) is 6.38. The molecule has 3 nitrogen and oxygen atoms in total. The second kappa shape index (κ2) is 4.02. The molecule has 3 heteroatoms. The number of hydrogen-bond acceptors (Lipinski definition) is 3. The number of ether oxygens (including phenoxy) is 1. The SMILES string of the molecule is CC(C)(C)OC(=O)C12CCCNCCC1C2. The summed E-state index contributed by atoms with van der Waals surface area (Å²) in [7, 11) is 0. The zero-order chi connectivity index (χ0) is 11.8. The zero-order valence-electron chi connectivity index (χ0n) is 10.6. The molecule has 1 heterocycles. The van der Waals surface area contributed by atoms with E-state index in [2.05, 4.69) is 5.32 Å². The standard InChI is InChI=1S/C13H23NO2/c1-12(2,3)16-11(15)13-6-4-7-14-8-5-10(13)9-13/h10,14H,4-9H2,1-3H3. The minimum absolute atomic E-state index is 0.0481. The van der Waals surface area contributed by atoms with Crippen LogP contribution in [0.5, 0.6) is 0 Å². The molecule has 0 aromatic rings. The minimum Gasteiger partial charge on any atom is -0.460 e. The summed E-state index contributed by atoms with van der Waals surface area (Å²) in [6.07, 6.45) is 4.26. The smallest absolute Gasteiger partial charge is 0.312 e. The zero-order valence-corrected chi connectivity index (χ0v) is 10.6. The van der Waals surface area contributed by atoms with Crippen molar-refractivity contribution in [3.8, 4) is 0 Å². The van der Waals surface area contributed by atoms with E-state index in [-0.39, 0.29) is 17.0 Å². The van der Waals surface area contributed by atoms with Gasteiger partial charge in [-0.3, -0.25) is 4.79 Å². The molecule has 1 saturated heterocycles. The van der Waals surface area contributed by atoms with Crippen molar-refractivity contribution in [1.82, 2.24) is 5.32 Å². The quantitative estimate of drug-likeness (QED) is 0.695. The average molecular weight is 225 g/mol. The van der Waals surface area contributed by atoms with Gasteiger partial charge >= 0.3 is 5.97 Å². The van der Waals surface area contributed by atoms with Gasteiger partial charge < -0.3 is 10.1 Å². The Balaban J connectivity index is 1.99. The van der Waals surface area contributed by atoms with Crippen molar-refractivity contribution in [2.45, 2.75) is 52.1 Å². The first-order valence-corrected chi connectivity index (χ1v) is 6.38. The lowest BCUT2D eigenvalue weighted by Crippen LogP contribution is -2.33. The third-order valence-electron chi connectivity index (χ3n) is 3.68. The number of esters is 1. The summed E-state index contributed by atoms with van der Waals surface area (Å²) in [6, 6.07) is 0. The Bertz CT molecular complexity index is 282. The highest BCUT2D eigenvalue weighted by molar-refractivity contribution is 5.81. The number of nitrogens with one attached hydrogen (secondary N) is 1. The van der Waals surface area contributed by atoms with Crippen LogP contribution < -0.4 is 5.32 Å². The highest BCUT2D eigenvalue weighted by Crippen LogP contribution is 2.59. The van der Waals surface area contributed by atoms with E-state index in [0.29, 0.717) is 5.92 Å². The van der Waals surface area contributed by atoms with Gasteiger partial charge in [-0.15, -0.1) is 0 Å². The lowest BCUT2D eigenvalue weighted by atomic mass is 9.94. The Morgan fingerprint density at radius 3 is 2.81 bits per heavy atom. The van der Waals surface area contributed by atoms with Crippen LogP contribution in [0.4, 0.5) is 0 Å². The van der Waals surface area contributed by atoms with Gasteiger partial charge in [-0.1, -0.05) is 0 Å². The third-order valence-corrected chi connectivity index (χ3v) is 3.68. The minimum atomic E-state index is -0.348. The van der Waals surface area contributed by atoms with Gasteiger partial charge in [-0.2, -0.15) is 0 Å². The Labute approximate surface area is 97.9 Å². The molecule has 1 aliphatic carbocycles. The molecule has 0 amide bonds. The molecule has 1 aliphatic heterocycles. The summed E-state index contributed by atoms with van der Waals surface area (Å²) < 4.78 is 5.56. The van der Waals surface area contributed by atoms with Crippen LogP contribution in [0.25, 0.3) is 0 Å². The van der Waals surface area contributed by atoms with Crippen molar-refractivity contribution in [3.05, 3.63) is 0 Å². The van der Waals surface area contributed by atoms with Gasteiger partial charge in [-0.05, 0) is 65.5 Å². The van der Waals surface area contributed by atoms with Gasteiger partial charge in [0.2, 0.25) is 0 Å². The van der Waals surface area contributed by atoms with Crippen LogP contribution >= 0.6 is 0 Å². The molecule has 2 aliphatic rings. The molecular formula is C13H23NO2. The van der Waals surface area contributed by atoms with E-state index >= 15 is 0 Å². The maximum Gasteiger partial charge on any atom is 0.312 e. The number of carbonyl (C=O) groups excluding carboxylic acids is 1. The topological polar surface area (TPSA) is 38.3 Å². The Morgan fingerprint density at radius 2 is 2.12 bits per heavy atom. The van der Waals surface area contributed by atoms with Crippen molar-refractivity contribution in [2.24, 2.45) is 11.3 Å². The lowest BCUT2D eigenvalue weighted by Gasteiger charge is -2.25. The number of rotatable bonds is 1. The monoisotopic (exact) mass is 225 g/mol. The normalized spacial score (nSPS) is 34.6. The molecule has 0 aromatic heterocycles. The molecule has 2 rings (SSSR count). The summed E-state index contributed by atoms with van der Waals surface area (Å²) in [4.78, 5) is 12.2. The van der Waals surface area contributed by atoms with Crippen molar-refractivity contribution >= 4 is 5.97 Å². The fraction of sp³-hybridized carbons (Fsp3) is 0.923. The molecule has 2 fully saturated rings. The van der Waals surface area contributed by atoms with Gasteiger partial charge in [0.15, 0.2) is 0 Å². The fourth-order valence-corrected chi connectivity index (χ4v) is 2.73. The van der Waals surface area contributed by atoms with Crippen LogP contribution in [0.15, 0.2) is 0 Å². The Morgan fingerprint density at radius 1 is 1.38 bits per heavy atom. The fourth-order valence-electron chi connectivity index (χ4n) is 2.73. The molecular weight excluding hydrogens is 202 g/mol. The van der Waals surface area contributed by atoms with Crippen LogP contribution in [0.2, 0.25) is 0 Å². The van der Waals surface area contributed by atoms with Gasteiger partial charge in [-0.25, -0.2) is 0 Å². The van der Waals surface area contributed by atoms with Crippen LogP contribution in [0, 0.1) is 11.3 Å². The van der Waals surface area contributed by atoms with Crippen molar-refractivity contribution in [2.75, 3.05) is 13.1 Å². The molecule has 92 valence electrons. The maximum atomic E-state index is 12.2. The first-order chi connectivity index (χ1) is 7.44. The summed E-state index contributed by atoms with van der Waals surface area (Å²) in [5.74, 6) is 0.613. The van der Waals surface area contributed by atoms with E-state index in [0.717, 1.165) is 38.8 Å².